The summed E-state index contributed by atoms with van der Waals surface area (Å²) in [6.45, 7) is -0.0114. The van der Waals surface area contributed by atoms with Crippen LogP contribution in [0, 0.1) is 11.8 Å². The van der Waals surface area contributed by atoms with Gasteiger partial charge >= 0.3 is 5.97 Å². The van der Waals surface area contributed by atoms with Crippen molar-refractivity contribution in [2.24, 2.45) is 11.8 Å². The number of esters is 1. The number of hydrogen-bond acceptors (Lipinski definition) is 4. The lowest BCUT2D eigenvalue weighted by atomic mass is 10.1. The van der Waals surface area contributed by atoms with Crippen LogP contribution >= 0.6 is 0 Å². The van der Waals surface area contributed by atoms with Crippen molar-refractivity contribution in [3.63, 3.8) is 0 Å². The minimum atomic E-state index is -0.264. The van der Waals surface area contributed by atoms with E-state index < -0.39 is 0 Å². The predicted octanol–water partition coefficient (Wildman–Crippen LogP) is 1.19. The average Bonchev–Trinajstić information content (AvgIpc) is 3.11. The van der Waals surface area contributed by atoms with E-state index in [4.69, 9.17) is 9.47 Å². The van der Waals surface area contributed by atoms with Crippen molar-refractivity contribution in [1.82, 2.24) is 0 Å². The van der Waals surface area contributed by atoms with Gasteiger partial charge in [0.05, 0.1) is 20.1 Å². The maximum atomic E-state index is 11.6. The molecule has 1 aromatic carbocycles. The molecule has 2 rings (SSSR count). The van der Waals surface area contributed by atoms with E-state index in [1.807, 2.05) is 24.3 Å². The Hall–Kier alpha value is -1.55. The molecule has 0 heterocycles. The Morgan fingerprint density at radius 2 is 2.06 bits per heavy atom. The molecule has 0 amide bonds. The molecule has 0 saturated heterocycles. The van der Waals surface area contributed by atoms with Crippen LogP contribution in [0.15, 0.2) is 24.3 Å². The number of hydrogen-bond donors (Lipinski definition) is 1. The summed E-state index contributed by atoms with van der Waals surface area (Å²) in [6.07, 6.45) is 0. The molecule has 4 nitrogen and oxygen atoms in total. The number of rotatable bonds is 4. The number of benzene rings is 1. The predicted molar refractivity (Wildman–Crippen MR) is 61.8 cm³/mol. The number of ether oxygens (including phenoxy) is 2. The van der Waals surface area contributed by atoms with E-state index in [0.29, 0.717) is 0 Å². The Morgan fingerprint density at radius 1 is 1.35 bits per heavy atom. The normalized spacial score (nSPS) is 26.4. The van der Waals surface area contributed by atoms with Gasteiger partial charge in [0.1, 0.15) is 5.75 Å². The molecular weight excluding hydrogens is 220 g/mol. The van der Waals surface area contributed by atoms with Crippen LogP contribution in [0.3, 0.4) is 0 Å². The largest absolute Gasteiger partial charge is 0.496 e. The first-order valence-corrected chi connectivity index (χ1v) is 5.56. The van der Waals surface area contributed by atoms with Crippen molar-refractivity contribution in [3.05, 3.63) is 29.8 Å². The van der Waals surface area contributed by atoms with Gasteiger partial charge in [0, 0.05) is 18.4 Å². The highest BCUT2D eigenvalue weighted by molar-refractivity contribution is 5.78. The quantitative estimate of drug-likeness (QED) is 0.798. The highest BCUT2D eigenvalue weighted by Gasteiger charge is 2.56. The lowest BCUT2D eigenvalue weighted by molar-refractivity contribution is -0.142. The van der Waals surface area contributed by atoms with E-state index in [9.17, 15) is 9.90 Å². The maximum Gasteiger partial charge on any atom is 0.309 e. The fraction of sp³-hybridized carbons (Fsp3) is 0.462. The van der Waals surface area contributed by atoms with Crippen LogP contribution < -0.4 is 4.74 Å². The summed E-state index contributed by atoms with van der Waals surface area (Å²) in [6, 6.07) is 7.57. The van der Waals surface area contributed by atoms with Crippen LogP contribution in [0.25, 0.3) is 0 Å². The van der Waals surface area contributed by atoms with Gasteiger partial charge in [-0.05, 0) is 11.6 Å². The van der Waals surface area contributed by atoms with Crippen molar-refractivity contribution in [1.29, 1.82) is 0 Å². The Kier molecular flexibility index (Phi) is 3.33. The third-order valence-corrected chi connectivity index (χ3v) is 3.35. The third-order valence-electron chi connectivity index (χ3n) is 3.35. The second-order valence-electron chi connectivity index (χ2n) is 4.16. The highest BCUT2D eigenvalue weighted by Crippen LogP contribution is 2.56. The first-order chi connectivity index (χ1) is 8.24. The topological polar surface area (TPSA) is 55.8 Å². The van der Waals surface area contributed by atoms with E-state index in [1.165, 1.54) is 7.11 Å². The van der Waals surface area contributed by atoms with Crippen molar-refractivity contribution in [2.75, 3.05) is 20.8 Å². The third kappa shape index (κ3) is 2.00. The van der Waals surface area contributed by atoms with Crippen LogP contribution in [-0.2, 0) is 9.53 Å². The molecule has 0 radical (unpaired) electrons. The van der Waals surface area contributed by atoms with Gasteiger partial charge in [-0.2, -0.15) is 0 Å². The van der Waals surface area contributed by atoms with Crippen LogP contribution in [0.2, 0.25) is 0 Å². The first-order valence-electron chi connectivity index (χ1n) is 5.56. The molecule has 1 aromatic rings. The Bertz CT molecular complexity index is 416. The molecule has 1 aliphatic carbocycles. The molecule has 4 heteroatoms. The van der Waals surface area contributed by atoms with Gasteiger partial charge in [0.15, 0.2) is 0 Å². The molecule has 0 spiro atoms. The van der Waals surface area contributed by atoms with Crippen molar-refractivity contribution >= 4 is 5.97 Å². The number of para-hydroxylation sites is 1. The molecule has 92 valence electrons. The molecule has 17 heavy (non-hydrogen) atoms. The lowest BCUT2D eigenvalue weighted by Gasteiger charge is -2.07. The van der Waals surface area contributed by atoms with Crippen LogP contribution in [0.1, 0.15) is 11.5 Å². The fourth-order valence-electron chi connectivity index (χ4n) is 2.42. The minimum Gasteiger partial charge on any atom is -0.496 e. The molecule has 0 aromatic heterocycles. The zero-order valence-electron chi connectivity index (χ0n) is 9.92. The molecular formula is C13H16O4. The smallest absolute Gasteiger partial charge is 0.309 e. The average molecular weight is 236 g/mol. The second kappa shape index (κ2) is 4.75. The summed E-state index contributed by atoms with van der Waals surface area (Å²) in [5, 5.41) is 9.27. The van der Waals surface area contributed by atoms with E-state index in [2.05, 4.69) is 0 Å². The molecule has 1 fully saturated rings. The Morgan fingerprint density at radius 3 is 2.65 bits per heavy atom. The summed E-state index contributed by atoms with van der Waals surface area (Å²) >= 11 is 0. The summed E-state index contributed by atoms with van der Waals surface area (Å²) in [7, 11) is 2.97. The standard InChI is InChI=1S/C13H16O4/c1-16-10-6-4-3-5-8(10)11-9(7-14)12(11)13(15)17-2/h3-6,9,11-12,14H,7H2,1-2H3/t9-,11?,12?/m1/s1. The number of carbonyl (C=O) groups excluding carboxylic acids is 1. The monoisotopic (exact) mass is 236 g/mol. The maximum absolute atomic E-state index is 11.6. The van der Waals surface area contributed by atoms with Crippen molar-refractivity contribution in [3.8, 4) is 5.75 Å². The Balaban J connectivity index is 2.26. The van der Waals surface area contributed by atoms with Crippen LogP contribution in [0.4, 0.5) is 0 Å². The first kappa shape index (κ1) is 11.9. The number of carbonyl (C=O) groups is 1. The summed E-state index contributed by atoms with van der Waals surface area (Å²) < 4.78 is 10.0. The fourth-order valence-corrected chi connectivity index (χ4v) is 2.42. The molecule has 1 saturated carbocycles. The zero-order chi connectivity index (χ0) is 12.4. The highest BCUT2D eigenvalue weighted by atomic mass is 16.5. The lowest BCUT2D eigenvalue weighted by Crippen LogP contribution is -2.06. The van der Waals surface area contributed by atoms with Gasteiger partial charge in [-0.1, -0.05) is 18.2 Å². The van der Waals surface area contributed by atoms with E-state index in [0.717, 1.165) is 11.3 Å². The van der Waals surface area contributed by atoms with E-state index in [-0.39, 0.29) is 30.3 Å². The number of methoxy groups -OCH3 is 2. The zero-order valence-corrected chi connectivity index (χ0v) is 9.92. The molecule has 1 aliphatic rings. The van der Waals surface area contributed by atoms with Crippen molar-refractivity contribution < 1.29 is 19.4 Å². The van der Waals surface area contributed by atoms with E-state index >= 15 is 0 Å². The summed E-state index contributed by atoms with van der Waals surface area (Å²) in [5.41, 5.74) is 0.962. The van der Waals surface area contributed by atoms with Gasteiger partial charge in [0.2, 0.25) is 0 Å². The molecule has 2 unspecified atom stereocenters. The van der Waals surface area contributed by atoms with Gasteiger partial charge < -0.3 is 14.6 Å². The van der Waals surface area contributed by atoms with E-state index in [1.54, 1.807) is 7.11 Å². The number of aliphatic hydroxyl groups excluding tert-OH is 1. The molecule has 3 atom stereocenters. The molecule has 1 N–H and O–H groups in total. The molecule has 0 aliphatic heterocycles. The van der Waals surface area contributed by atoms with Crippen molar-refractivity contribution in [2.45, 2.75) is 5.92 Å². The molecule has 0 bridgehead atoms. The second-order valence-corrected chi connectivity index (χ2v) is 4.16. The van der Waals surface area contributed by atoms with Gasteiger partial charge in [-0.15, -0.1) is 0 Å². The van der Waals surface area contributed by atoms with Gasteiger partial charge in [0.25, 0.3) is 0 Å². The van der Waals surface area contributed by atoms with Crippen LogP contribution in [0.5, 0.6) is 5.75 Å². The van der Waals surface area contributed by atoms with Crippen LogP contribution in [-0.4, -0.2) is 31.9 Å². The SMILES string of the molecule is COC(=O)C1C(c2ccccc2OC)[C@H]1CO. The van der Waals surface area contributed by atoms with Gasteiger partial charge in [-0.3, -0.25) is 4.79 Å². The summed E-state index contributed by atoms with van der Waals surface area (Å²) in [5.74, 6) is 0.186. The van der Waals surface area contributed by atoms with Gasteiger partial charge in [-0.25, -0.2) is 0 Å². The summed E-state index contributed by atoms with van der Waals surface area (Å²) in [4.78, 5) is 11.6. The Labute approximate surface area is 100 Å². The minimum absolute atomic E-state index is 0.00333. The number of aliphatic hydroxyl groups is 1.